The van der Waals surface area contributed by atoms with Gasteiger partial charge in [0.15, 0.2) is 5.65 Å². The van der Waals surface area contributed by atoms with Crippen molar-refractivity contribution < 1.29 is 13.9 Å². The summed E-state index contributed by atoms with van der Waals surface area (Å²) in [5, 5.41) is 9.43. The Morgan fingerprint density at radius 3 is 2.80 bits per heavy atom. The number of hydrogen-bond acceptors (Lipinski definition) is 4. The third kappa shape index (κ3) is 2.56. The first-order valence-electron chi connectivity index (χ1n) is 8.74. The van der Waals surface area contributed by atoms with E-state index in [0.717, 1.165) is 31.4 Å². The fourth-order valence-corrected chi connectivity index (χ4v) is 3.77. The molecule has 0 bridgehead atoms. The van der Waals surface area contributed by atoms with Crippen LogP contribution in [0.4, 0.5) is 8.78 Å². The van der Waals surface area contributed by atoms with Gasteiger partial charge >= 0.3 is 0 Å². The summed E-state index contributed by atoms with van der Waals surface area (Å²) in [6.07, 6.45) is 5.22. The Morgan fingerprint density at radius 1 is 1.36 bits per heavy atom. The van der Waals surface area contributed by atoms with Gasteiger partial charge in [-0.1, -0.05) is 6.42 Å². The van der Waals surface area contributed by atoms with Crippen LogP contribution in [-0.4, -0.2) is 43.9 Å². The summed E-state index contributed by atoms with van der Waals surface area (Å²) < 4.78 is 29.3. The summed E-state index contributed by atoms with van der Waals surface area (Å²) in [5.74, 6) is -2.67. The van der Waals surface area contributed by atoms with Crippen LogP contribution in [0.5, 0.6) is 0 Å². The molecular weight excluding hydrogens is 326 g/mol. The van der Waals surface area contributed by atoms with E-state index in [1.165, 1.54) is 0 Å². The number of halogens is 2. The molecule has 0 spiro atoms. The highest BCUT2D eigenvalue weighted by molar-refractivity contribution is 6.00. The van der Waals surface area contributed by atoms with Crippen molar-refractivity contribution >= 4 is 16.9 Å². The second-order valence-corrected chi connectivity index (χ2v) is 7.42. The number of aromatic nitrogens is 3. The van der Waals surface area contributed by atoms with Crippen molar-refractivity contribution in [3.05, 3.63) is 23.7 Å². The predicted molar refractivity (Wildman–Crippen MR) is 91.3 cm³/mol. The highest BCUT2D eigenvalue weighted by Crippen LogP contribution is 2.61. The maximum Gasteiger partial charge on any atom is 0.260 e. The molecule has 0 radical (unpaired) electrons. The molecule has 25 heavy (non-hydrogen) atoms. The standard InChI is InChI=1S/C18H22F2N4O/c1-17(10-18(17,19)20)15-7-13-16(24(15)2)23-14(8-21-13)12-6-4-3-5-11(9-25)22-12/h7-8,11,25H,3-6,9-10H2,1-2H3. The van der Waals surface area contributed by atoms with E-state index in [9.17, 15) is 13.9 Å². The number of alkyl halides is 2. The van der Waals surface area contributed by atoms with E-state index in [0.29, 0.717) is 22.6 Å². The molecule has 4 rings (SSSR count). The first-order chi connectivity index (χ1) is 11.9. The average molecular weight is 348 g/mol. The summed E-state index contributed by atoms with van der Waals surface area (Å²) >= 11 is 0. The molecule has 0 saturated heterocycles. The Hall–Kier alpha value is -1.89. The summed E-state index contributed by atoms with van der Waals surface area (Å²) in [6, 6.07) is 1.63. The monoisotopic (exact) mass is 348 g/mol. The Labute approximate surface area is 144 Å². The van der Waals surface area contributed by atoms with E-state index in [-0.39, 0.29) is 19.1 Å². The quantitative estimate of drug-likeness (QED) is 0.927. The Bertz CT molecular complexity index is 860. The van der Waals surface area contributed by atoms with Gasteiger partial charge in [0.1, 0.15) is 11.2 Å². The van der Waals surface area contributed by atoms with Crippen LogP contribution in [0.2, 0.25) is 0 Å². The second kappa shape index (κ2) is 5.56. The molecule has 2 atom stereocenters. The van der Waals surface area contributed by atoms with Crippen molar-refractivity contribution in [1.82, 2.24) is 14.5 Å². The minimum atomic E-state index is -2.67. The average Bonchev–Trinajstić information content (AvgIpc) is 3.07. The largest absolute Gasteiger partial charge is 0.394 e. The van der Waals surface area contributed by atoms with Crippen LogP contribution in [0.15, 0.2) is 17.3 Å². The van der Waals surface area contributed by atoms with Crippen LogP contribution < -0.4 is 0 Å². The highest BCUT2D eigenvalue weighted by Gasteiger charge is 2.70. The van der Waals surface area contributed by atoms with Gasteiger partial charge < -0.3 is 9.67 Å². The van der Waals surface area contributed by atoms with Crippen LogP contribution in [0, 0.1) is 0 Å². The number of aliphatic imine (C=N–C) groups is 1. The second-order valence-electron chi connectivity index (χ2n) is 7.42. The Balaban J connectivity index is 1.76. The molecule has 2 aromatic heterocycles. The van der Waals surface area contributed by atoms with E-state index >= 15 is 0 Å². The normalized spacial score (nSPS) is 28.7. The van der Waals surface area contributed by atoms with Gasteiger partial charge in [0.05, 0.1) is 30.0 Å². The highest BCUT2D eigenvalue weighted by atomic mass is 19.3. The number of hydrogen-bond donors (Lipinski definition) is 1. The smallest absolute Gasteiger partial charge is 0.260 e. The number of aliphatic hydroxyl groups is 1. The number of aryl methyl sites for hydroxylation is 1. The maximum atomic E-state index is 13.8. The van der Waals surface area contributed by atoms with Crippen LogP contribution in [0.3, 0.4) is 0 Å². The minimum Gasteiger partial charge on any atom is -0.394 e. The minimum absolute atomic E-state index is 0.0287. The van der Waals surface area contributed by atoms with Gasteiger partial charge in [-0.25, -0.2) is 13.8 Å². The lowest BCUT2D eigenvalue weighted by molar-refractivity contribution is 0.0904. The van der Waals surface area contributed by atoms with Crippen molar-refractivity contribution in [1.29, 1.82) is 0 Å². The van der Waals surface area contributed by atoms with Crippen molar-refractivity contribution in [2.45, 2.75) is 56.4 Å². The van der Waals surface area contributed by atoms with E-state index in [1.54, 1.807) is 30.8 Å². The van der Waals surface area contributed by atoms with Gasteiger partial charge in [-0.05, 0) is 32.3 Å². The molecule has 1 saturated carbocycles. The molecule has 1 fully saturated rings. The van der Waals surface area contributed by atoms with Crippen molar-refractivity contribution in [2.24, 2.45) is 12.0 Å². The molecule has 0 amide bonds. The molecule has 134 valence electrons. The number of rotatable bonds is 3. The predicted octanol–water partition coefficient (Wildman–Crippen LogP) is 2.99. The molecule has 5 nitrogen and oxygen atoms in total. The van der Waals surface area contributed by atoms with Gasteiger partial charge in [-0.3, -0.25) is 9.98 Å². The lowest BCUT2D eigenvalue weighted by Gasteiger charge is -2.11. The molecule has 2 aliphatic rings. The summed E-state index contributed by atoms with van der Waals surface area (Å²) in [4.78, 5) is 13.7. The molecule has 1 N–H and O–H groups in total. The zero-order valence-electron chi connectivity index (χ0n) is 14.5. The Kier molecular flexibility index (Phi) is 3.68. The lowest BCUT2D eigenvalue weighted by atomic mass is 10.1. The maximum absolute atomic E-state index is 13.8. The summed E-state index contributed by atoms with van der Waals surface area (Å²) in [7, 11) is 1.77. The number of aliphatic hydroxyl groups excluding tert-OH is 1. The number of nitrogens with zero attached hydrogens (tertiary/aromatic N) is 4. The van der Waals surface area contributed by atoms with Gasteiger partial charge in [0.25, 0.3) is 5.92 Å². The molecule has 1 aliphatic carbocycles. The van der Waals surface area contributed by atoms with Crippen LogP contribution in [0.25, 0.3) is 11.2 Å². The van der Waals surface area contributed by atoms with Gasteiger partial charge in [-0.15, -0.1) is 0 Å². The van der Waals surface area contributed by atoms with Crippen molar-refractivity contribution in [3.63, 3.8) is 0 Å². The first-order valence-corrected chi connectivity index (χ1v) is 8.74. The lowest BCUT2D eigenvalue weighted by Crippen LogP contribution is -2.16. The van der Waals surface area contributed by atoms with E-state index in [1.807, 2.05) is 0 Å². The molecule has 0 aromatic carbocycles. The molecule has 3 heterocycles. The number of fused-ring (bicyclic) bond motifs is 1. The molecule has 7 heteroatoms. The summed E-state index contributed by atoms with van der Waals surface area (Å²) in [6.45, 7) is 1.62. The van der Waals surface area contributed by atoms with Crippen LogP contribution in [-0.2, 0) is 12.5 Å². The first kappa shape index (κ1) is 16.6. The van der Waals surface area contributed by atoms with Gasteiger partial charge in [-0.2, -0.15) is 0 Å². The zero-order chi connectivity index (χ0) is 17.8. The fourth-order valence-electron chi connectivity index (χ4n) is 3.77. The molecule has 2 aromatic rings. The topological polar surface area (TPSA) is 63.3 Å². The van der Waals surface area contributed by atoms with Gasteiger partial charge in [0, 0.05) is 19.2 Å². The van der Waals surface area contributed by atoms with Crippen molar-refractivity contribution in [3.8, 4) is 0 Å². The van der Waals surface area contributed by atoms with Crippen LogP contribution in [0.1, 0.15) is 50.4 Å². The SMILES string of the molecule is Cn1c(C2(C)CC2(F)F)cc2ncc(C3=NC(CO)CCCC3)nc21. The molecular formula is C18H22F2N4O. The fraction of sp³-hybridized carbons (Fsp3) is 0.611. The summed E-state index contributed by atoms with van der Waals surface area (Å²) in [5.41, 5.74) is 2.18. The van der Waals surface area contributed by atoms with Crippen molar-refractivity contribution in [2.75, 3.05) is 6.61 Å². The zero-order valence-corrected chi connectivity index (χ0v) is 14.5. The third-order valence-electron chi connectivity index (χ3n) is 5.60. The van der Waals surface area contributed by atoms with E-state index < -0.39 is 11.3 Å². The molecule has 2 unspecified atom stereocenters. The third-order valence-corrected chi connectivity index (χ3v) is 5.60. The van der Waals surface area contributed by atoms with Crippen LogP contribution >= 0.6 is 0 Å². The molecule has 1 aliphatic heterocycles. The Morgan fingerprint density at radius 2 is 2.12 bits per heavy atom. The van der Waals surface area contributed by atoms with E-state index in [4.69, 9.17) is 0 Å². The van der Waals surface area contributed by atoms with Gasteiger partial charge in [0.2, 0.25) is 0 Å². The van der Waals surface area contributed by atoms with E-state index in [2.05, 4.69) is 15.0 Å².